The molecule has 0 aromatic heterocycles. The van der Waals surface area contributed by atoms with Crippen LogP contribution in [0.4, 0.5) is 0 Å². The fraction of sp³-hybridized carbons (Fsp3) is 0.647. The van der Waals surface area contributed by atoms with Crippen LogP contribution in [0.15, 0.2) is 18.2 Å². The van der Waals surface area contributed by atoms with Crippen LogP contribution >= 0.6 is 0 Å². The van der Waals surface area contributed by atoms with E-state index >= 15 is 0 Å². The quantitative estimate of drug-likeness (QED) is 0.823. The highest BCUT2D eigenvalue weighted by atomic mass is 16.6. The van der Waals surface area contributed by atoms with Gasteiger partial charge >= 0.3 is 0 Å². The molecule has 3 rings (SSSR count). The first-order valence-corrected chi connectivity index (χ1v) is 7.99. The van der Waals surface area contributed by atoms with E-state index in [2.05, 4.69) is 30.4 Å². The Kier molecular flexibility index (Phi) is 4.46. The predicted octanol–water partition coefficient (Wildman–Crippen LogP) is 3.69. The molecule has 1 aliphatic carbocycles. The zero-order valence-corrected chi connectivity index (χ0v) is 12.4. The van der Waals surface area contributed by atoms with Crippen molar-refractivity contribution < 1.29 is 9.47 Å². The Morgan fingerprint density at radius 3 is 2.75 bits per heavy atom. The number of hydrogen-bond donors (Lipinski definition) is 1. The lowest BCUT2D eigenvalue weighted by Crippen LogP contribution is -2.23. The van der Waals surface area contributed by atoms with E-state index in [9.17, 15) is 0 Å². The molecule has 0 amide bonds. The molecule has 3 heteroatoms. The molecule has 1 atom stereocenters. The van der Waals surface area contributed by atoms with Gasteiger partial charge in [0.15, 0.2) is 11.5 Å². The van der Waals surface area contributed by atoms with Crippen LogP contribution in [0.3, 0.4) is 0 Å². The molecular weight excluding hydrogens is 250 g/mol. The molecule has 1 aromatic rings. The molecule has 1 saturated carbocycles. The maximum atomic E-state index is 5.70. The van der Waals surface area contributed by atoms with E-state index in [0.717, 1.165) is 24.0 Å². The first-order valence-electron chi connectivity index (χ1n) is 7.99. The smallest absolute Gasteiger partial charge is 0.161 e. The fourth-order valence-electron chi connectivity index (χ4n) is 2.79. The molecule has 1 unspecified atom stereocenters. The largest absolute Gasteiger partial charge is 0.486 e. The van der Waals surface area contributed by atoms with Gasteiger partial charge in [-0.25, -0.2) is 0 Å². The molecule has 3 nitrogen and oxygen atoms in total. The zero-order chi connectivity index (χ0) is 13.8. The summed E-state index contributed by atoms with van der Waals surface area (Å²) in [4.78, 5) is 0. The van der Waals surface area contributed by atoms with E-state index in [1.165, 1.54) is 37.7 Å². The van der Waals surface area contributed by atoms with Crippen molar-refractivity contribution >= 4 is 0 Å². The third-order valence-corrected chi connectivity index (χ3v) is 4.17. The molecule has 0 radical (unpaired) electrons. The summed E-state index contributed by atoms with van der Waals surface area (Å²) >= 11 is 0. The van der Waals surface area contributed by atoms with Gasteiger partial charge in [-0.15, -0.1) is 0 Å². The average molecular weight is 275 g/mol. The van der Waals surface area contributed by atoms with Crippen molar-refractivity contribution in [3.8, 4) is 11.5 Å². The number of fused-ring (bicyclic) bond motifs is 1. The molecule has 110 valence electrons. The summed E-state index contributed by atoms with van der Waals surface area (Å²) in [6, 6.07) is 6.86. The topological polar surface area (TPSA) is 30.5 Å². The summed E-state index contributed by atoms with van der Waals surface area (Å²) in [5.74, 6) is 2.78. The summed E-state index contributed by atoms with van der Waals surface area (Å²) in [6.45, 7) is 4.61. The molecule has 1 fully saturated rings. The lowest BCUT2D eigenvalue weighted by Gasteiger charge is -2.23. The highest BCUT2D eigenvalue weighted by Gasteiger charge is 2.23. The van der Waals surface area contributed by atoms with E-state index in [4.69, 9.17) is 9.47 Å². The van der Waals surface area contributed by atoms with E-state index < -0.39 is 0 Å². The Morgan fingerprint density at radius 2 is 2.00 bits per heavy atom. The minimum Gasteiger partial charge on any atom is -0.486 e. The van der Waals surface area contributed by atoms with Crippen molar-refractivity contribution in [2.75, 3.05) is 19.8 Å². The van der Waals surface area contributed by atoms with Gasteiger partial charge < -0.3 is 14.8 Å². The number of benzene rings is 1. The van der Waals surface area contributed by atoms with Crippen LogP contribution in [0.1, 0.15) is 50.6 Å². The van der Waals surface area contributed by atoms with Crippen molar-refractivity contribution in [1.82, 2.24) is 5.32 Å². The summed E-state index contributed by atoms with van der Waals surface area (Å²) in [6.07, 6.45) is 6.61. The normalized spacial score (nSPS) is 18.9. The first-order chi connectivity index (χ1) is 9.86. The van der Waals surface area contributed by atoms with Crippen LogP contribution in [-0.4, -0.2) is 19.8 Å². The van der Waals surface area contributed by atoms with Gasteiger partial charge in [0.1, 0.15) is 13.2 Å². The highest BCUT2D eigenvalue weighted by Crippen LogP contribution is 2.38. The van der Waals surface area contributed by atoms with E-state index in [1.807, 2.05) is 0 Å². The van der Waals surface area contributed by atoms with Crippen LogP contribution in [0.25, 0.3) is 0 Å². The van der Waals surface area contributed by atoms with Gasteiger partial charge in [-0.1, -0.05) is 25.8 Å². The maximum Gasteiger partial charge on any atom is 0.161 e. The highest BCUT2D eigenvalue weighted by molar-refractivity contribution is 5.44. The lowest BCUT2D eigenvalue weighted by atomic mass is 9.99. The van der Waals surface area contributed by atoms with E-state index in [-0.39, 0.29) is 0 Å². The zero-order valence-electron chi connectivity index (χ0n) is 12.4. The lowest BCUT2D eigenvalue weighted by molar-refractivity contribution is 0.171. The second-order valence-electron chi connectivity index (χ2n) is 5.93. The van der Waals surface area contributed by atoms with Crippen LogP contribution in [0.2, 0.25) is 0 Å². The minimum absolute atomic E-state index is 0.450. The van der Waals surface area contributed by atoms with Gasteiger partial charge in [-0.05, 0) is 49.4 Å². The molecule has 0 saturated heterocycles. The minimum atomic E-state index is 0.450. The van der Waals surface area contributed by atoms with E-state index in [0.29, 0.717) is 19.3 Å². The second kappa shape index (κ2) is 6.49. The van der Waals surface area contributed by atoms with Crippen LogP contribution in [0.5, 0.6) is 11.5 Å². The summed E-state index contributed by atoms with van der Waals surface area (Å²) in [5, 5.41) is 3.68. The van der Waals surface area contributed by atoms with Crippen molar-refractivity contribution in [3.63, 3.8) is 0 Å². The van der Waals surface area contributed by atoms with Gasteiger partial charge in [0.2, 0.25) is 0 Å². The van der Waals surface area contributed by atoms with Gasteiger partial charge in [-0.3, -0.25) is 0 Å². The van der Waals surface area contributed by atoms with Crippen LogP contribution in [0, 0.1) is 5.92 Å². The van der Waals surface area contributed by atoms with E-state index in [1.54, 1.807) is 0 Å². The molecule has 2 aliphatic rings. The second-order valence-corrected chi connectivity index (χ2v) is 5.93. The molecule has 1 heterocycles. The predicted molar refractivity (Wildman–Crippen MR) is 80.4 cm³/mol. The van der Waals surface area contributed by atoms with Crippen molar-refractivity contribution in [1.29, 1.82) is 0 Å². The first kappa shape index (κ1) is 13.7. The Balaban J connectivity index is 1.70. The molecule has 1 aliphatic heterocycles. The monoisotopic (exact) mass is 275 g/mol. The van der Waals surface area contributed by atoms with Gasteiger partial charge in [-0.2, -0.15) is 0 Å². The molecule has 1 aromatic carbocycles. The number of nitrogens with one attached hydrogen (secondary N) is 1. The SMILES string of the molecule is CCCNC(CCC1CC1)c1ccc2c(c1)OCCO2. The van der Waals surface area contributed by atoms with Crippen molar-refractivity contribution in [3.05, 3.63) is 23.8 Å². The Hall–Kier alpha value is -1.22. The molecule has 0 bridgehead atoms. The summed E-state index contributed by atoms with van der Waals surface area (Å²) in [5.41, 5.74) is 1.34. The molecule has 1 N–H and O–H groups in total. The third-order valence-electron chi connectivity index (χ3n) is 4.17. The van der Waals surface area contributed by atoms with Gasteiger partial charge in [0.25, 0.3) is 0 Å². The van der Waals surface area contributed by atoms with Crippen LogP contribution < -0.4 is 14.8 Å². The Labute approximate surface area is 121 Å². The van der Waals surface area contributed by atoms with Crippen LogP contribution in [-0.2, 0) is 0 Å². The van der Waals surface area contributed by atoms with Crippen molar-refractivity contribution in [2.45, 2.75) is 45.1 Å². The Morgan fingerprint density at radius 1 is 1.20 bits per heavy atom. The maximum absolute atomic E-state index is 5.70. The average Bonchev–Trinajstić information content (AvgIpc) is 3.31. The molecule has 0 spiro atoms. The Bertz CT molecular complexity index is 443. The third kappa shape index (κ3) is 3.45. The van der Waals surface area contributed by atoms with Gasteiger partial charge in [0.05, 0.1) is 0 Å². The standard InChI is InChI=1S/C17H25NO2/c1-2-9-18-15(7-5-13-3-4-13)14-6-8-16-17(12-14)20-11-10-19-16/h6,8,12-13,15,18H,2-5,7,9-11H2,1H3. The number of ether oxygens (including phenoxy) is 2. The van der Waals surface area contributed by atoms with Crippen molar-refractivity contribution in [2.24, 2.45) is 5.92 Å². The summed E-state index contributed by atoms with van der Waals surface area (Å²) in [7, 11) is 0. The number of hydrogen-bond acceptors (Lipinski definition) is 3. The fourth-order valence-corrected chi connectivity index (χ4v) is 2.79. The molecule has 20 heavy (non-hydrogen) atoms. The summed E-state index contributed by atoms with van der Waals surface area (Å²) < 4.78 is 11.3. The molecular formula is C17H25NO2. The number of rotatable bonds is 7. The van der Waals surface area contributed by atoms with Gasteiger partial charge in [0, 0.05) is 6.04 Å².